The molecule has 0 saturated carbocycles. The number of rotatable bonds is 5. The molecule has 0 radical (unpaired) electrons. The SMILES string of the molecule is COc1ccc2cc([C@H](C)C(=O)Nc3ccc(N4CCN(C)CC4)cc3C(F)(F)F)ccc2c1. The molecule has 3 aromatic rings. The molecule has 0 unspecified atom stereocenters. The maximum absolute atomic E-state index is 13.9. The second kappa shape index (κ2) is 9.54. The summed E-state index contributed by atoms with van der Waals surface area (Å²) in [6.45, 7) is 4.58. The van der Waals surface area contributed by atoms with Crippen LogP contribution >= 0.6 is 0 Å². The quantitative estimate of drug-likeness (QED) is 0.544. The summed E-state index contributed by atoms with van der Waals surface area (Å²) in [5, 5.41) is 4.39. The van der Waals surface area contributed by atoms with Gasteiger partial charge in [0.2, 0.25) is 5.91 Å². The number of likely N-dealkylation sites (N-methyl/N-ethyl adjacent to an activating group) is 1. The number of alkyl halides is 3. The van der Waals surface area contributed by atoms with Crippen LogP contribution in [0, 0.1) is 0 Å². The van der Waals surface area contributed by atoms with Gasteiger partial charge in [-0.15, -0.1) is 0 Å². The molecule has 1 amide bonds. The van der Waals surface area contributed by atoms with Gasteiger partial charge in [-0.25, -0.2) is 0 Å². The molecule has 5 nitrogen and oxygen atoms in total. The van der Waals surface area contributed by atoms with Crippen LogP contribution in [0.25, 0.3) is 10.8 Å². The highest BCUT2D eigenvalue weighted by Gasteiger charge is 2.35. The molecule has 0 spiro atoms. The van der Waals surface area contributed by atoms with E-state index in [0.29, 0.717) is 18.8 Å². The summed E-state index contributed by atoms with van der Waals surface area (Å²) in [6, 6.07) is 15.3. The maximum atomic E-state index is 13.9. The van der Waals surface area contributed by atoms with Gasteiger partial charge in [0, 0.05) is 31.9 Å². The lowest BCUT2D eigenvalue weighted by molar-refractivity contribution is -0.137. The second-order valence-corrected chi connectivity index (χ2v) is 8.70. The van der Waals surface area contributed by atoms with E-state index in [9.17, 15) is 18.0 Å². The fourth-order valence-corrected chi connectivity index (χ4v) is 4.17. The summed E-state index contributed by atoms with van der Waals surface area (Å²) < 4.78 is 46.9. The van der Waals surface area contributed by atoms with Crippen LogP contribution in [0.2, 0.25) is 0 Å². The molecule has 4 rings (SSSR count). The third-order valence-electron chi connectivity index (χ3n) is 6.40. The van der Waals surface area contributed by atoms with E-state index in [1.54, 1.807) is 20.1 Å². The Hall–Kier alpha value is -3.26. The first kappa shape index (κ1) is 23.9. The number of carbonyl (C=O) groups is 1. The van der Waals surface area contributed by atoms with Gasteiger partial charge in [-0.2, -0.15) is 13.2 Å². The summed E-state index contributed by atoms with van der Waals surface area (Å²) >= 11 is 0. The van der Waals surface area contributed by atoms with Crippen molar-refractivity contribution in [1.29, 1.82) is 0 Å². The van der Waals surface area contributed by atoms with E-state index in [-0.39, 0.29) is 5.69 Å². The molecule has 0 aromatic heterocycles. The van der Waals surface area contributed by atoms with Crippen LogP contribution in [-0.4, -0.2) is 51.1 Å². The predicted molar refractivity (Wildman–Crippen MR) is 129 cm³/mol. The van der Waals surface area contributed by atoms with Gasteiger partial charge < -0.3 is 19.9 Å². The molecule has 180 valence electrons. The van der Waals surface area contributed by atoms with Crippen molar-refractivity contribution in [3.8, 4) is 5.75 Å². The van der Waals surface area contributed by atoms with Crippen LogP contribution in [0.4, 0.5) is 24.5 Å². The van der Waals surface area contributed by atoms with Crippen LogP contribution in [0.1, 0.15) is 24.0 Å². The van der Waals surface area contributed by atoms with Crippen molar-refractivity contribution in [1.82, 2.24) is 4.90 Å². The highest BCUT2D eigenvalue weighted by Crippen LogP contribution is 2.38. The van der Waals surface area contributed by atoms with E-state index in [1.807, 2.05) is 48.3 Å². The van der Waals surface area contributed by atoms with Crippen molar-refractivity contribution in [2.24, 2.45) is 0 Å². The van der Waals surface area contributed by atoms with E-state index < -0.39 is 23.6 Å². The number of methoxy groups -OCH3 is 1. The number of hydrogen-bond acceptors (Lipinski definition) is 4. The summed E-state index contributed by atoms with van der Waals surface area (Å²) in [6.07, 6.45) is -4.59. The van der Waals surface area contributed by atoms with Crippen LogP contribution in [0.3, 0.4) is 0 Å². The molecule has 1 atom stereocenters. The number of piperazine rings is 1. The average Bonchev–Trinajstić information content (AvgIpc) is 2.83. The summed E-state index contributed by atoms with van der Waals surface area (Å²) in [7, 11) is 3.58. The van der Waals surface area contributed by atoms with Gasteiger partial charge in [0.15, 0.2) is 0 Å². The molecule has 34 heavy (non-hydrogen) atoms. The standard InChI is InChI=1S/C26H28F3N3O2/c1-17(18-4-5-20-15-22(34-3)8-6-19(20)14-18)25(33)30-24-9-7-21(16-23(24)26(27,28)29)32-12-10-31(2)11-13-32/h4-9,14-17H,10-13H2,1-3H3,(H,30,33)/t17-/m0/s1. The summed E-state index contributed by atoms with van der Waals surface area (Å²) in [4.78, 5) is 17.0. The third kappa shape index (κ3) is 5.12. The Morgan fingerprint density at radius 3 is 2.32 bits per heavy atom. The molecule has 0 bridgehead atoms. The molecule has 1 heterocycles. The monoisotopic (exact) mass is 471 g/mol. The Kier molecular flexibility index (Phi) is 6.70. The number of benzene rings is 3. The smallest absolute Gasteiger partial charge is 0.418 e. The fourth-order valence-electron chi connectivity index (χ4n) is 4.17. The van der Waals surface area contributed by atoms with Crippen molar-refractivity contribution < 1.29 is 22.7 Å². The van der Waals surface area contributed by atoms with Crippen LogP contribution < -0.4 is 15.0 Å². The lowest BCUT2D eigenvalue weighted by Gasteiger charge is -2.34. The second-order valence-electron chi connectivity index (χ2n) is 8.70. The Labute approximate surface area is 197 Å². The normalized spacial score (nSPS) is 15.9. The highest BCUT2D eigenvalue weighted by atomic mass is 19.4. The minimum atomic E-state index is -4.59. The van der Waals surface area contributed by atoms with Gasteiger partial charge >= 0.3 is 6.18 Å². The number of fused-ring (bicyclic) bond motifs is 1. The van der Waals surface area contributed by atoms with E-state index in [0.717, 1.165) is 41.2 Å². The van der Waals surface area contributed by atoms with E-state index in [2.05, 4.69) is 10.2 Å². The highest BCUT2D eigenvalue weighted by molar-refractivity contribution is 5.97. The number of carbonyl (C=O) groups excluding carboxylic acids is 1. The van der Waals surface area contributed by atoms with Crippen LogP contribution in [0.15, 0.2) is 54.6 Å². The lowest BCUT2D eigenvalue weighted by Crippen LogP contribution is -2.44. The summed E-state index contributed by atoms with van der Waals surface area (Å²) in [5.74, 6) is -0.402. The lowest BCUT2D eigenvalue weighted by atomic mass is 9.96. The molecular weight excluding hydrogens is 443 g/mol. The third-order valence-corrected chi connectivity index (χ3v) is 6.40. The van der Waals surface area contributed by atoms with Crippen molar-refractivity contribution in [2.45, 2.75) is 19.0 Å². The molecule has 1 N–H and O–H groups in total. The van der Waals surface area contributed by atoms with Crippen LogP contribution in [0.5, 0.6) is 5.75 Å². The number of nitrogens with one attached hydrogen (secondary N) is 1. The average molecular weight is 472 g/mol. The zero-order valence-corrected chi connectivity index (χ0v) is 19.4. The molecular formula is C26H28F3N3O2. The van der Waals surface area contributed by atoms with Crippen molar-refractivity contribution >= 4 is 28.1 Å². The van der Waals surface area contributed by atoms with Gasteiger partial charge in [-0.1, -0.05) is 24.3 Å². The predicted octanol–water partition coefficient (Wildman–Crippen LogP) is 5.36. The van der Waals surface area contributed by atoms with Crippen LogP contribution in [-0.2, 0) is 11.0 Å². The number of nitrogens with zero attached hydrogens (tertiary/aromatic N) is 2. The van der Waals surface area contributed by atoms with Gasteiger partial charge in [-0.05, 0) is 60.6 Å². The topological polar surface area (TPSA) is 44.8 Å². The number of amides is 1. The Bertz CT molecular complexity index is 1190. The van der Waals surface area contributed by atoms with Gasteiger partial charge in [0.25, 0.3) is 0 Å². The Morgan fingerprint density at radius 1 is 0.971 bits per heavy atom. The Balaban J connectivity index is 1.56. The van der Waals surface area contributed by atoms with Gasteiger partial charge in [0.1, 0.15) is 5.75 Å². The van der Waals surface area contributed by atoms with E-state index >= 15 is 0 Å². The zero-order valence-electron chi connectivity index (χ0n) is 19.4. The maximum Gasteiger partial charge on any atom is 0.418 e. The first-order valence-electron chi connectivity index (χ1n) is 11.2. The minimum absolute atomic E-state index is 0.229. The first-order valence-corrected chi connectivity index (χ1v) is 11.2. The molecule has 1 aliphatic heterocycles. The number of hydrogen-bond donors (Lipinski definition) is 1. The fraction of sp³-hybridized carbons (Fsp3) is 0.346. The number of anilines is 2. The van der Waals surface area contributed by atoms with Gasteiger partial charge in [0.05, 0.1) is 24.3 Å². The van der Waals surface area contributed by atoms with Gasteiger partial charge in [-0.3, -0.25) is 4.79 Å². The number of ether oxygens (including phenoxy) is 1. The molecule has 1 saturated heterocycles. The van der Waals surface area contributed by atoms with Crippen molar-refractivity contribution in [2.75, 3.05) is 50.6 Å². The number of halogens is 3. The molecule has 8 heteroatoms. The van der Waals surface area contributed by atoms with Crippen molar-refractivity contribution in [3.63, 3.8) is 0 Å². The molecule has 1 fully saturated rings. The van der Waals surface area contributed by atoms with Crippen molar-refractivity contribution in [3.05, 3.63) is 65.7 Å². The Morgan fingerprint density at radius 2 is 1.65 bits per heavy atom. The summed E-state index contributed by atoms with van der Waals surface area (Å²) in [5.41, 5.74) is 0.164. The minimum Gasteiger partial charge on any atom is -0.497 e. The molecule has 0 aliphatic carbocycles. The molecule has 3 aromatic carbocycles. The van der Waals surface area contributed by atoms with E-state index in [4.69, 9.17) is 4.74 Å². The van der Waals surface area contributed by atoms with E-state index in [1.165, 1.54) is 6.07 Å². The molecule has 1 aliphatic rings. The zero-order chi connectivity index (χ0) is 24.5. The first-order chi connectivity index (χ1) is 16.2. The largest absolute Gasteiger partial charge is 0.497 e.